The number of nitrogens with one attached hydrogen (secondary N) is 1. The smallest absolute Gasteiger partial charge is 0.325 e. The molecule has 1 saturated heterocycles. The van der Waals surface area contributed by atoms with Crippen molar-refractivity contribution in [2.75, 3.05) is 39.9 Å². The van der Waals surface area contributed by atoms with Crippen LogP contribution in [0.1, 0.15) is 29.3 Å². The molecule has 4 aromatic rings. The number of aromatic nitrogens is 1. The molecule has 2 aromatic carbocycles. The second-order valence-corrected chi connectivity index (χ2v) is 13.4. The highest BCUT2D eigenvalue weighted by Gasteiger charge is 2.43. The second kappa shape index (κ2) is 16.4. The fraction of sp³-hybridized carbons (Fsp3) is 0.371. The van der Waals surface area contributed by atoms with E-state index in [-0.39, 0.29) is 51.5 Å². The van der Waals surface area contributed by atoms with Crippen molar-refractivity contribution in [3.05, 3.63) is 87.2 Å². The predicted molar refractivity (Wildman–Crippen MR) is 186 cm³/mol. The molecule has 2 unspecified atom stereocenters. The molecule has 1 aliphatic rings. The zero-order chi connectivity index (χ0) is 34.2. The molecule has 10 nitrogen and oxygen atoms in total. The maximum Gasteiger partial charge on any atom is 0.325 e. The maximum absolute atomic E-state index is 14.1. The van der Waals surface area contributed by atoms with Crippen molar-refractivity contribution in [3.8, 4) is 5.75 Å². The van der Waals surface area contributed by atoms with Crippen LogP contribution in [0, 0.1) is 0 Å². The Labute approximate surface area is 293 Å². The highest BCUT2D eigenvalue weighted by molar-refractivity contribution is 7.09. The Bertz CT molecular complexity index is 1730. The SMILES string of the molecule is CCOC(=O)CN(CCc1c[nH]c2ccc(OC)cc12)C(=O)CC1C(=O)N(C(Cl)Cc2ccc(Cl)cc2)CC(=O)N1CCc1cccs1. The molecule has 3 amide bonds. The lowest BCUT2D eigenvalue weighted by Gasteiger charge is -2.42. The summed E-state index contributed by atoms with van der Waals surface area (Å²) in [5.41, 5.74) is 1.87. The topological polar surface area (TPSA) is 112 Å². The average molecular weight is 714 g/mol. The van der Waals surface area contributed by atoms with Crippen LogP contribution >= 0.6 is 34.5 Å². The fourth-order valence-corrected chi connectivity index (χ4v) is 7.00. The van der Waals surface area contributed by atoms with Crippen LogP contribution in [0.3, 0.4) is 0 Å². The first-order valence-corrected chi connectivity index (χ1v) is 17.4. The number of nitrogens with zero attached hydrogens (tertiary/aromatic N) is 3. The Morgan fingerprint density at radius 3 is 2.62 bits per heavy atom. The summed E-state index contributed by atoms with van der Waals surface area (Å²) in [6.07, 6.45) is 2.81. The van der Waals surface area contributed by atoms with E-state index >= 15 is 0 Å². The summed E-state index contributed by atoms with van der Waals surface area (Å²) < 4.78 is 10.6. The Morgan fingerprint density at radius 2 is 1.92 bits per heavy atom. The monoisotopic (exact) mass is 712 g/mol. The third-order valence-corrected chi connectivity index (χ3v) is 9.95. The molecule has 48 heavy (non-hydrogen) atoms. The summed E-state index contributed by atoms with van der Waals surface area (Å²) in [6.45, 7) is 1.81. The minimum atomic E-state index is -1.09. The summed E-state index contributed by atoms with van der Waals surface area (Å²) in [7, 11) is 1.60. The number of rotatable bonds is 15. The molecular weight excluding hydrogens is 675 g/mol. The van der Waals surface area contributed by atoms with E-state index in [0.717, 1.165) is 26.9 Å². The number of hydrogen-bond acceptors (Lipinski definition) is 7. The van der Waals surface area contributed by atoms with Gasteiger partial charge in [-0.2, -0.15) is 0 Å². The summed E-state index contributed by atoms with van der Waals surface area (Å²) in [5.74, 6) is -1.02. The van der Waals surface area contributed by atoms with Crippen LogP contribution in [0.5, 0.6) is 5.75 Å². The number of alkyl halides is 1. The van der Waals surface area contributed by atoms with Gasteiger partial charge in [-0.1, -0.05) is 41.4 Å². The number of thiophene rings is 1. The fourth-order valence-electron chi connectivity index (χ4n) is 5.83. The zero-order valence-electron chi connectivity index (χ0n) is 26.8. The van der Waals surface area contributed by atoms with Crippen LogP contribution in [0.25, 0.3) is 10.9 Å². The first-order valence-electron chi connectivity index (χ1n) is 15.7. The molecule has 3 heterocycles. The molecule has 1 aliphatic heterocycles. The van der Waals surface area contributed by atoms with E-state index in [4.69, 9.17) is 32.7 Å². The number of hydrogen-bond donors (Lipinski definition) is 1. The lowest BCUT2D eigenvalue weighted by Crippen LogP contribution is -2.63. The van der Waals surface area contributed by atoms with Crippen LogP contribution in [0.15, 0.2) is 66.2 Å². The van der Waals surface area contributed by atoms with Crippen molar-refractivity contribution in [2.24, 2.45) is 0 Å². The first-order chi connectivity index (χ1) is 23.2. The summed E-state index contributed by atoms with van der Waals surface area (Å²) >= 11 is 14.4. The Balaban J connectivity index is 1.37. The number of methoxy groups -OCH3 is 1. The highest BCUT2D eigenvalue weighted by atomic mass is 35.5. The van der Waals surface area contributed by atoms with Gasteiger partial charge in [-0.05, 0) is 72.7 Å². The number of piperazine rings is 1. The van der Waals surface area contributed by atoms with Gasteiger partial charge in [-0.25, -0.2) is 0 Å². The zero-order valence-corrected chi connectivity index (χ0v) is 29.2. The van der Waals surface area contributed by atoms with E-state index in [0.29, 0.717) is 23.6 Å². The van der Waals surface area contributed by atoms with Crippen molar-refractivity contribution in [1.82, 2.24) is 19.7 Å². The number of H-pyrrole nitrogens is 1. The van der Waals surface area contributed by atoms with Gasteiger partial charge in [0.1, 0.15) is 30.4 Å². The molecule has 254 valence electrons. The Morgan fingerprint density at radius 1 is 1.12 bits per heavy atom. The van der Waals surface area contributed by atoms with Crippen molar-refractivity contribution in [2.45, 2.75) is 44.1 Å². The van der Waals surface area contributed by atoms with E-state index in [1.165, 1.54) is 14.7 Å². The summed E-state index contributed by atoms with van der Waals surface area (Å²) in [5, 5.41) is 3.47. The quantitative estimate of drug-likeness (QED) is 0.102. The molecule has 0 spiro atoms. The lowest BCUT2D eigenvalue weighted by atomic mass is 10.0. The van der Waals surface area contributed by atoms with Crippen LogP contribution < -0.4 is 4.74 Å². The third kappa shape index (κ3) is 8.69. The molecular formula is C35H38Cl2N4O6S. The van der Waals surface area contributed by atoms with Gasteiger partial charge in [-0.15, -0.1) is 11.3 Å². The number of halogens is 2. The summed E-state index contributed by atoms with van der Waals surface area (Å²) in [6, 6.07) is 15.6. The van der Waals surface area contributed by atoms with Gasteiger partial charge in [0.15, 0.2) is 0 Å². The first kappa shape index (κ1) is 35.3. The largest absolute Gasteiger partial charge is 0.497 e. The van der Waals surface area contributed by atoms with Crippen molar-refractivity contribution >= 4 is 69.1 Å². The minimum Gasteiger partial charge on any atom is -0.497 e. The number of aromatic amines is 1. The third-order valence-electron chi connectivity index (χ3n) is 8.38. The number of benzene rings is 2. The van der Waals surface area contributed by atoms with Crippen LogP contribution in [0.4, 0.5) is 0 Å². The number of carbonyl (C=O) groups excluding carboxylic acids is 4. The number of carbonyl (C=O) groups is 4. The number of ether oxygens (including phenoxy) is 2. The van der Waals surface area contributed by atoms with E-state index in [1.807, 2.05) is 54.0 Å². The van der Waals surface area contributed by atoms with Gasteiger partial charge >= 0.3 is 5.97 Å². The average Bonchev–Trinajstić information content (AvgIpc) is 3.75. The van der Waals surface area contributed by atoms with E-state index in [9.17, 15) is 19.2 Å². The standard InChI is InChI=1S/C35H38Cl2N4O6S/c1-3-47-34(44)22-39(14-12-24-20-38-29-11-10-26(46-2)18-28(24)29)32(42)19-30-35(45)41(31(37)17-23-6-8-25(36)9-7-23)21-33(43)40(30)15-13-27-5-4-16-48-27/h4-11,16,18,20,30-31,38H,3,12-15,17,19,21-22H2,1-2H3. The number of amides is 3. The molecule has 0 bridgehead atoms. The molecule has 13 heteroatoms. The van der Waals surface area contributed by atoms with Crippen molar-refractivity contribution in [1.29, 1.82) is 0 Å². The molecule has 0 saturated carbocycles. The Hall–Kier alpha value is -4.06. The molecule has 0 aliphatic carbocycles. The molecule has 1 N–H and O–H groups in total. The molecule has 2 aromatic heterocycles. The second-order valence-electron chi connectivity index (χ2n) is 11.5. The maximum atomic E-state index is 14.1. The van der Waals surface area contributed by atoms with Gasteiger partial charge in [0.05, 0.1) is 20.1 Å². The van der Waals surface area contributed by atoms with E-state index < -0.39 is 29.3 Å². The van der Waals surface area contributed by atoms with E-state index in [1.54, 1.807) is 37.5 Å². The van der Waals surface area contributed by atoms with Crippen LogP contribution in [0.2, 0.25) is 5.02 Å². The molecule has 5 rings (SSSR count). The highest BCUT2D eigenvalue weighted by Crippen LogP contribution is 2.26. The van der Waals surface area contributed by atoms with Gasteiger partial charge < -0.3 is 29.2 Å². The van der Waals surface area contributed by atoms with Gasteiger partial charge in [0.25, 0.3) is 0 Å². The predicted octanol–water partition coefficient (Wildman–Crippen LogP) is 5.31. The van der Waals surface area contributed by atoms with Gasteiger partial charge in [0.2, 0.25) is 17.7 Å². The van der Waals surface area contributed by atoms with Crippen molar-refractivity contribution < 1.29 is 28.7 Å². The minimum absolute atomic E-state index is 0.162. The normalized spacial score (nSPS) is 15.5. The van der Waals surface area contributed by atoms with Crippen LogP contribution in [-0.4, -0.2) is 94.8 Å². The van der Waals surface area contributed by atoms with Gasteiger partial charge in [0, 0.05) is 46.5 Å². The van der Waals surface area contributed by atoms with Crippen molar-refractivity contribution in [3.63, 3.8) is 0 Å². The van der Waals surface area contributed by atoms with Gasteiger partial charge in [-0.3, -0.25) is 19.2 Å². The molecule has 2 atom stereocenters. The van der Waals surface area contributed by atoms with Crippen LogP contribution in [-0.2, 0) is 43.2 Å². The molecule has 1 fully saturated rings. The number of fused-ring (bicyclic) bond motifs is 1. The molecule has 0 radical (unpaired) electrons. The number of esters is 1. The lowest BCUT2D eigenvalue weighted by molar-refractivity contribution is -0.159. The van der Waals surface area contributed by atoms with E-state index in [2.05, 4.69) is 4.98 Å². The summed E-state index contributed by atoms with van der Waals surface area (Å²) in [4.78, 5) is 63.0. The Kier molecular flexibility index (Phi) is 12.0.